The topological polar surface area (TPSA) is 38.4 Å². The van der Waals surface area contributed by atoms with Crippen LogP contribution in [0.2, 0.25) is 0 Å². The van der Waals surface area contributed by atoms with Crippen molar-refractivity contribution in [3.8, 4) is 0 Å². The molecule has 0 bridgehead atoms. The molecule has 1 fully saturated rings. The van der Waals surface area contributed by atoms with Gasteiger partial charge in [-0.2, -0.15) is 11.8 Å². The molecule has 0 spiro atoms. The van der Waals surface area contributed by atoms with Gasteiger partial charge in [-0.1, -0.05) is 12.1 Å². The number of nitrogens with zero attached hydrogens (tertiary/aromatic N) is 2. The minimum Gasteiger partial charge on any atom is -0.408 e. The molecule has 1 aliphatic heterocycles. The molecule has 5 heteroatoms. The summed E-state index contributed by atoms with van der Waals surface area (Å²) >= 11 is 2.04. The van der Waals surface area contributed by atoms with Crippen LogP contribution < -0.4 is 5.76 Å². The molecule has 1 saturated heterocycles. The van der Waals surface area contributed by atoms with E-state index in [-0.39, 0.29) is 5.76 Å². The summed E-state index contributed by atoms with van der Waals surface area (Å²) in [6.07, 6.45) is 2.50. The van der Waals surface area contributed by atoms with Gasteiger partial charge in [0.1, 0.15) is 0 Å². The molecule has 0 N–H and O–H groups in total. The number of rotatable bonds is 4. The molecular formula is C15H20N2O2S. The van der Waals surface area contributed by atoms with Gasteiger partial charge in [-0.3, -0.25) is 4.57 Å². The highest BCUT2D eigenvalue weighted by Crippen LogP contribution is 2.21. The lowest BCUT2D eigenvalue weighted by atomic mass is 10.1. The highest BCUT2D eigenvalue weighted by atomic mass is 32.2. The Bertz CT molecular complexity index is 628. The number of oxazole rings is 1. The van der Waals surface area contributed by atoms with E-state index in [1.807, 2.05) is 36.0 Å². The highest BCUT2D eigenvalue weighted by molar-refractivity contribution is 7.99. The second-order valence-electron chi connectivity index (χ2n) is 5.31. The van der Waals surface area contributed by atoms with E-state index in [1.54, 1.807) is 4.57 Å². The van der Waals surface area contributed by atoms with Crippen molar-refractivity contribution in [1.29, 1.82) is 0 Å². The van der Waals surface area contributed by atoms with Crippen molar-refractivity contribution >= 4 is 22.9 Å². The van der Waals surface area contributed by atoms with E-state index in [0.717, 1.165) is 12.1 Å². The minimum atomic E-state index is -0.251. The van der Waals surface area contributed by atoms with Crippen LogP contribution in [0.15, 0.2) is 33.5 Å². The van der Waals surface area contributed by atoms with Crippen LogP contribution >= 0.6 is 11.8 Å². The van der Waals surface area contributed by atoms with E-state index in [0.29, 0.717) is 18.2 Å². The number of aromatic nitrogens is 1. The zero-order valence-electron chi connectivity index (χ0n) is 11.7. The van der Waals surface area contributed by atoms with Crippen LogP contribution in [-0.4, -0.2) is 40.6 Å². The van der Waals surface area contributed by atoms with Crippen LogP contribution in [0.25, 0.3) is 11.1 Å². The molecule has 0 saturated carbocycles. The van der Waals surface area contributed by atoms with Crippen molar-refractivity contribution in [3.63, 3.8) is 0 Å². The van der Waals surface area contributed by atoms with Gasteiger partial charge >= 0.3 is 5.76 Å². The van der Waals surface area contributed by atoms with Crippen LogP contribution in [0, 0.1) is 0 Å². The quantitative estimate of drug-likeness (QED) is 0.867. The average Bonchev–Trinajstić information content (AvgIpc) is 2.81. The van der Waals surface area contributed by atoms with Crippen LogP contribution in [-0.2, 0) is 6.54 Å². The van der Waals surface area contributed by atoms with E-state index in [2.05, 4.69) is 11.9 Å². The molecule has 0 aliphatic carbocycles. The second kappa shape index (κ2) is 6.06. The number of para-hydroxylation sites is 2. The molecule has 0 unspecified atom stereocenters. The maximum absolute atomic E-state index is 11.9. The summed E-state index contributed by atoms with van der Waals surface area (Å²) in [4.78, 5) is 14.3. The van der Waals surface area contributed by atoms with Crippen molar-refractivity contribution in [1.82, 2.24) is 9.47 Å². The van der Waals surface area contributed by atoms with Gasteiger partial charge in [0.25, 0.3) is 0 Å². The first-order valence-electron chi connectivity index (χ1n) is 7.12. The Kier molecular flexibility index (Phi) is 4.17. The summed E-state index contributed by atoms with van der Waals surface area (Å²) in [5.74, 6) is 2.26. The molecule has 1 aliphatic rings. The lowest BCUT2D eigenvalue weighted by Crippen LogP contribution is -2.37. The van der Waals surface area contributed by atoms with Gasteiger partial charge in [0.15, 0.2) is 5.58 Å². The maximum atomic E-state index is 11.9. The zero-order valence-corrected chi connectivity index (χ0v) is 12.6. The fourth-order valence-corrected chi connectivity index (χ4v) is 3.87. The van der Waals surface area contributed by atoms with Crippen molar-refractivity contribution < 1.29 is 4.42 Å². The minimum absolute atomic E-state index is 0.251. The Morgan fingerprint density at radius 2 is 2.10 bits per heavy atom. The van der Waals surface area contributed by atoms with Crippen molar-refractivity contribution in [2.75, 3.05) is 25.1 Å². The van der Waals surface area contributed by atoms with Crippen LogP contribution in [0.3, 0.4) is 0 Å². The van der Waals surface area contributed by atoms with Crippen LogP contribution in [0.4, 0.5) is 0 Å². The summed E-state index contributed by atoms with van der Waals surface area (Å²) in [5, 5.41) is 0. The van der Waals surface area contributed by atoms with E-state index >= 15 is 0 Å². The van der Waals surface area contributed by atoms with Gasteiger partial charge in [0.2, 0.25) is 0 Å². The Hall–Kier alpha value is -1.20. The second-order valence-corrected chi connectivity index (χ2v) is 6.54. The number of fused-ring (bicyclic) bond motifs is 1. The molecule has 4 nitrogen and oxygen atoms in total. The van der Waals surface area contributed by atoms with Crippen molar-refractivity contribution in [3.05, 3.63) is 34.8 Å². The van der Waals surface area contributed by atoms with Gasteiger partial charge in [-0.15, -0.1) is 0 Å². The average molecular weight is 292 g/mol. The number of likely N-dealkylation sites (N-methyl/N-ethyl adjacent to an activating group) is 1. The van der Waals surface area contributed by atoms with Gasteiger partial charge in [0, 0.05) is 19.1 Å². The predicted octanol–water partition coefficient (Wildman–Crippen LogP) is 2.42. The Morgan fingerprint density at radius 1 is 1.35 bits per heavy atom. The van der Waals surface area contributed by atoms with Crippen LogP contribution in [0.1, 0.15) is 12.8 Å². The predicted molar refractivity (Wildman–Crippen MR) is 83.5 cm³/mol. The molecule has 2 aromatic rings. The summed E-state index contributed by atoms with van der Waals surface area (Å²) in [7, 11) is 2.16. The number of benzene rings is 1. The third kappa shape index (κ3) is 2.79. The SMILES string of the molecule is CN(CCn1c(=O)oc2ccccc21)C1CCSCC1. The summed E-state index contributed by atoms with van der Waals surface area (Å²) < 4.78 is 7.00. The molecule has 1 aromatic heterocycles. The summed E-state index contributed by atoms with van der Waals surface area (Å²) in [6.45, 7) is 1.58. The molecule has 20 heavy (non-hydrogen) atoms. The molecule has 2 heterocycles. The molecular weight excluding hydrogens is 272 g/mol. The number of hydrogen-bond acceptors (Lipinski definition) is 4. The van der Waals surface area contributed by atoms with E-state index in [4.69, 9.17) is 4.42 Å². The van der Waals surface area contributed by atoms with Crippen LogP contribution in [0.5, 0.6) is 0 Å². The van der Waals surface area contributed by atoms with Crippen molar-refractivity contribution in [2.24, 2.45) is 0 Å². The third-order valence-corrected chi connectivity index (χ3v) is 5.11. The van der Waals surface area contributed by atoms with Crippen molar-refractivity contribution in [2.45, 2.75) is 25.4 Å². The van der Waals surface area contributed by atoms with Gasteiger partial charge in [-0.05, 0) is 43.5 Å². The van der Waals surface area contributed by atoms with E-state index in [1.165, 1.54) is 24.3 Å². The monoisotopic (exact) mass is 292 g/mol. The summed E-state index contributed by atoms with van der Waals surface area (Å²) in [6, 6.07) is 8.27. The number of thioether (sulfide) groups is 1. The van der Waals surface area contributed by atoms with E-state index < -0.39 is 0 Å². The Morgan fingerprint density at radius 3 is 2.90 bits per heavy atom. The lowest BCUT2D eigenvalue weighted by molar-refractivity contribution is 0.220. The van der Waals surface area contributed by atoms with E-state index in [9.17, 15) is 4.79 Å². The standard InChI is InChI=1S/C15H20N2O2S/c1-16(12-6-10-20-11-7-12)8-9-17-13-4-2-3-5-14(13)19-15(17)18/h2-5,12H,6-11H2,1H3. The largest absolute Gasteiger partial charge is 0.419 e. The molecule has 1 aromatic carbocycles. The smallest absolute Gasteiger partial charge is 0.408 e. The molecule has 0 amide bonds. The van der Waals surface area contributed by atoms with Gasteiger partial charge in [-0.25, -0.2) is 4.79 Å². The fraction of sp³-hybridized carbons (Fsp3) is 0.533. The molecule has 0 radical (unpaired) electrons. The number of hydrogen-bond donors (Lipinski definition) is 0. The lowest BCUT2D eigenvalue weighted by Gasteiger charge is -2.30. The first kappa shape index (κ1) is 13.8. The molecule has 0 atom stereocenters. The zero-order chi connectivity index (χ0) is 13.9. The Labute approximate surface area is 122 Å². The first-order valence-corrected chi connectivity index (χ1v) is 8.27. The van der Waals surface area contributed by atoms with Gasteiger partial charge < -0.3 is 9.32 Å². The summed E-state index contributed by atoms with van der Waals surface area (Å²) in [5.41, 5.74) is 1.57. The highest BCUT2D eigenvalue weighted by Gasteiger charge is 2.18. The molecule has 3 rings (SSSR count). The Balaban J connectivity index is 1.70. The van der Waals surface area contributed by atoms with Gasteiger partial charge in [0.05, 0.1) is 5.52 Å². The molecule has 108 valence electrons. The fourth-order valence-electron chi connectivity index (χ4n) is 2.79. The third-order valence-electron chi connectivity index (χ3n) is 4.06. The normalized spacial score (nSPS) is 17.1. The maximum Gasteiger partial charge on any atom is 0.419 e. The first-order chi connectivity index (χ1) is 9.75.